The minimum atomic E-state index is -0.266. The zero-order chi connectivity index (χ0) is 17.9. The molecule has 1 unspecified atom stereocenters. The third-order valence-corrected chi connectivity index (χ3v) is 4.97. The van der Waals surface area contributed by atoms with E-state index in [0.717, 1.165) is 59.6 Å². The number of pyridine rings is 2. The van der Waals surface area contributed by atoms with Gasteiger partial charge >= 0.3 is 0 Å². The molecule has 2 atom stereocenters. The van der Waals surface area contributed by atoms with E-state index < -0.39 is 0 Å². The lowest BCUT2D eigenvalue weighted by Crippen LogP contribution is -2.30. The number of allylic oxidation sites excluding steroid dienone is 2. The molecule has 3 heterocycles. The third kappa shape index (κ3) is 3.35. The summed E-state index contributed by atoms with van der Waals surface area (Å²) in [7, 11) is 0. The van der Waals surface area contributed by atoms with Crippen molar-refractivity contribution in [3.05, 3.63) is 71.3 Å². The molecule has 4 rings (SSSR count). The number of hydrogen-bond donors (Lipinski definition) is 1. The average Bonchev–Trinajstić information content (AvgIpc) is 2.66. The monoisotopic (exact) mass is 346 g/mol. The molecule has 0 radical (unpaired) electrons. The van der Waals surface area contributed by atoms with Gasteiger partial charge in [-0.1, -0.05) is 18.2 Å². The van der Waals surface area contributed by atoms with Crippen LogP contribution in [0.25, 0.3) is 0 Å². The Morgan fingerprint density at radius 3 is 2.65 bits per heavy atom. The van der Waals surface area contributed by atoms with Gasteiger partial charge in [-0.25, -0.2) is 0 Å². The first-order chi connectivity index (χ1) is 12.7. The molecule has 1 aliphatic carbocycles. The van der Waals surface area contributed by atoms with E-state index in [9.17, 15) is 5.11 Å². The molecule has 2 aliphatic rings. The Labute approximate surface area is 153 Å². The summed E-state index contributed by atoms with van der Waals surface area (Å²) in [6.45, 7) is 2.02. The highest BCUT2D eigenvalue weighted by Crippen LogP contribution is 2.32. The second-order valence-corrected chi connectivity index (χ2v) is 6.89. The molecular formula is C21H22N4O. The topological polar surface area (TPSA) is 70.7 Å². The number of aromatic nitrogens is 2. The Morgan fingerprint density at radius 1 is 0.962 bits per heavy atom. The Kier molecular flexibility index (Phi) is 4.71. The molecule has 26 heavy (non-hydrogen) atoms. The second kappa shape index (κ2) is 7.30. The van der Waals surface area contributed by atoms with Crippen LogP contribution in [0.2, 0.25) is 0 Å². The van der Waals surface area contributed by atoms with E-state index in [2.05, 4.69) is 26.2 Å². The number of aliphatic hydroxyl groups excluding tert-OH is 1. The maximum absolute atomic E-state index is 10.2. The summed E-state index contributed by atoms with van der Waals surface area (Å²) in [6, 6.07) is 9.88. The molecule has 0 saturated heterocycles. The first-order valence-corrected chi connectivity index (χ1v) is 9.11. The summed E-state index contributed by atoms with van der Waals surface area (Å²) in [5, 5.41) is 19.2. The zero-order valence-electron chi connectivity index (χ0n) is 14.8. The van der Waals surface area contributed by atoms with Gasteiger partial charge in [-0.15, -0.1) is 5.10 Å². The fourth-order valence-corrected chi connectivity index (χ4v) is 3.56. The Morgan fingerprint density at radius 2 is 1.88 bits per heavy atom. The van der Waals surface area contributed by atoms with Crippen molar-refractivity contribution >= 4 is 11.4 Å². The maximum atomic E-state index is 10.2. The summed E-state index contributed by atoms with van der Waals surface area (Å²) < 4.78 is 0. The van der Waals surface area contributed by atoms with E-state index in [4.69, 9.17) is 0 Å². The van der Waals surface area contributed by atoms with Crippen LogP contribution in [0.3, 0.4) is 0 Å². The fraction of sp³-hybridized carbons (Fsp3) is 0.333. The summed E-state index contributed by atoms with van der Waals surface area (Å²) in [4.78, 5) is 9.02. The molecular weight excluding hydrogens is 324 g/mol. The van der Waals surface area contributed by atoms with Gasteiger partial charge in [0.25, 0.3) is 0 Å². The van der Waals surface area contributed by atoms with E-state index in [1.807, 2.05) is 43.5 Å². The van der Waals surface area contributed by atoms with Crippen molar-refractivity contribution < 1.29 is 5.11 Å². The van der Waals surface area contributed by atoms with Gasteiger partial charge in [-0.2, -0.15) is 5.10 Å². The quantitative estimate of drug-likeness (QED) is 0.905. The highest BCUT2D eigenvalue weighted by molar-refractivity contribution is 6.19. The van der Waals surface area contributed by atoms with Gasteiger partial charge in [-0.05, 0) is 61.9 Å². The van der Waals surface area contributed by atoms with Gasteiger partial charge in [0, 0.05) is 18.3 Å². The molecule has 132 valence electrons. The minimum absolute atomic E-state index is 0.0784. The van der Waals surface area contributed by atoms with Gasteiger partial charge < -0.3 is 5.11 Å². The van der Waals surface area contributed by atoms with Crippen LogP contribution in [-0.4, -0.2) is 32.6 Å². The van der Waals surface area contributed by atoms with E-state index in [1.165, 1.54) is 0 Å². The van der Waals surface area contributed by atoms with Crippen molar-refractivity contribution in [2.24, 2.45) is 16.1 Å². The van der Waals surface area contributed by atoms with Crippen molar-refractivity contribution in [3.8, 4) is 0 Å². The highest BCUT2D eigenvalue weighted by atomic mass is 16.3. The predicted octanol–water partition coefficient (Wildman–Crippen LogP) is 3.47. The van der Waals surface area contributed by atoms with Gasteiger partial charge in [0.1, 0.15) is 5.71 Å². The smallest absolute Gasteiger partial charge is 0.115 e. The van der Waals surface area contributed by atoms with Crippen molar-refractivity contribution in [2.45, 2.75) is 38.7 Å². The molecule has 0 bridgehead atoms. The summed E-state index contributed by atoms with van der Waals surface area (Å²) in [5.41, 5.74) is 5.68. The lowest BCUT2D eigenvalue weighted by molar-refractivity contribution is 0.149. The number of nitrogens with zero attached hydrogens (tertiary/aromatic N) is 4. The second-order valence-electron chi connectivity index (χ2n) is 6.89. The molecule has 0 saturated carbocycles. The van der Waals surface area contributed by atoms with Crippen LogP contribution < -0.4 is 0 Å². The van der Waals surface area contributed by atoms with Crippen LogP contribution in [0.4, 0.5) is 0 Å². The molecule has 1 N–H and O–H groups in total. The zero-order valence-corrected chi connectivity index (χ0v) is 14.8. The number of aryl methyl sites for hydroxylation is 1. The SMILES string of the molecule is Cc1ccc(C2=NN=C(c3ccccn3)/C3=C/CC[C@H](O)CCC23)nc1. The van der Waals surface area contributed by atoms with E-state index in [1.54, 1.807) is 6.20 Å². The molecule has 5 nitrogen and oxygen atoms in total. The van der Waals surface area contributed by atoms with Crippen molar-refractivity contribution in [1.29, 1.82) is 0 Å². The van der Waals surface area contributed by atoms with E-state index in [-0.39, 0.29) is 12.0 Å². The lowest BCUT2D eigenvalue weighted by atomic mass is 9.80. The Balaban J connectivity index is 1.81. The number of rotatable bonds is 2. The summed E-state index contributed by atoms with van der Waals surface area (Å²) in [5.74, 6) is 0.0784. The number of aliphatic hydroxyl groups is 1. The van der Waals surface area contributed by atoms with E-state index >= 15 is 0 Å². The maximum Gasteiger partial charge on any atom is 0.115 e. The lowest BCUT2D eigenvalue weighted by Gasteiger charge is -2.28. The van der Waals surface area contributed by atoms with Crippen molar-refractivity contribution in [1.82, 2.24) is 9.97 Å². The summed E-state index contributed by atoms with van der Waals surface area (Å²) >= 11 is 0. The first kappa shape index (κ1) is 16.8. The molecule has 2 aromatic rings. The number of hydrogen-bond acceptors (Lipinski definition) is 5. The van der Waals surface area contributed by atoms with Crippen LogP contribution in [0.15, 0.2) is 64.6 Å². The minimum Gasteiger partial charge on any atom is -0.393 e. The first-order valence-electron chi connectivity index (χ1n) is 9.11. The number of fused-ring (bicyclic) bond motifs is 1. The third-order valence-electron chi connectivity index (χ3n) is 4.97. The molecule has 1 aliphatic heterocycles. The standard InChI is InChI=1S/C21H22N4O/c1-14-8-11-19(23-13-14)21-17-10-9-15(26)5-4-6-16(17)20(24-25-21)18-7-2-3-12-22-18/h2-3,6-8,11-13,15,17,26H,4-5,9-10H2,1H3/b16-6+/t15-,17?/m0/s1. The van der Waals surface area contributed by atoms with Crippen LogP contribution in [0.5, 0.6) is 0 Å². The molecule has 0 amide bonds. The van der Waals surface area contributed by atoms with Crippen molar-refractivity contribution in [2.75, 3.05) is 0 Å². The molecule has 0 spiro atoms. The normalized spacial score (nSPS) is 25.1. The van der Waals surface area contributed by atoms with Gasteiger partial charge in [0.05, 0.1) is 23.2 Å². The highest BCUT2D eigenvalue weighted by Gasteiger charge is 2.32. The molecule has 0 fully saturated rings. The average molecular weight is 346 g/mol. The van der Waals surface area contributed by atoms with Gasteiger partial charge in [0.15, 0.2) is 0 Å². The molecule has 2 aromatic heterocycles. The van der Waals surface area contributed by atoms with E-state index in [0.29, 0.717) is 0 Å². The summed E-state index contributed by atoms with van der Waals surface area (Å²) in [6.07, 6.45) is 8.75. The van der Waals surface area contributed by atoms with Gasteiger partial charge in [-0.3, -0.25) is 9.97 Å². The van der Waals surface area contributed by atoms with Crippen LogP contribution in [0.1, 0.15) is 42.6 Å². The van der Waals surface area contributed by atoms with Crippen LogP contribution >= 0.6 is 0 Å². The fourth-order valence-electron chi connectivity index (χ4n) is 3.56. The van der Waals surface area contributed by atoms with Crippen LogP contribution in [0, 0.1) is 12.8 Å². The van der Waals surface area contributed by atoms with Crippen molar-refractivity contribution in [3.63, 3.8) is 0 Å². The van der Waals surface area contributed by atoms with Crippen LogP contribution in [-0.2, 0) is 0 Å². The van der Waals surface area contributed by atoms with Gasteiger partial charge in [0.2, 0.25) is 0 Å². The Bertz CT molecular complexity index is 869. The molecule has 0 aromatic carbocycles. The predicted molar refractivity (Wildman–Crippen MR) is 102 cm³/mol. The molecule has 5 heteroatoms. The largest absolute Gasteiger partial charge is 0.393 e. The Hall–Kier alpha value is -2.66.